The van der Waals surface area contributed by atoms with Crippen molar-refractivity contribution in [2.75, 3.05) is 6.61 Å². The zero-order chi connectivity index (χ0) is 18.3. The highest BCUT2D eigenvalue weighted by Gasteiger charge is 2.08. The number of carbonyl (C=O) groups is 2. The molecule has 0 radical (unpaired) electrons. The number of ether oxygens (including phenoxy) is 2. The van der Waals surface area contributed by atoms with Gasteiger partial charge in [-0.1, -0.05) is 51.2 Å². The molecule has 5 heteroatoms. The molecule has 0 heterocycles. The van der Waals surface area contributed by atoms with Gasteiger partial charge in [0.25, 0.3) is 0 Å². The number of para-hydroxylation sites is 1. The molecule has 0 aliphatic carbocycles. The predicted octanol–water partition coefficient (Wildman–Crippen LogP) is 5.20. The van der Waals surface area contributed by atoms with Gasteiger partial charge in [-0.3, -0.25) is 9.59 Å². The zero-order valence-electron chi connectivity index (χ0n) is 15.1. The average molecular weight is 352 g/mol. The fourth-order valence-electron chi connectivity index (χ4n) is 2.35. The Morgan fingerprint density at radius 2 is 1.48 bits per heavy atom. The minimum absolute atomic E-state index is 0.0154. The highest BCUT2D eigenvalue weighted by molar-refractivity contribution is 5.72. The molecule has 1 aromatic carbocycles. The van der Waals surface area contributed by atoms with E-state index in [9.17, 15) is 14.0 Å². The van der Waals surface area contributed by atoms with Crippen molar-refractivity contribution in [1.82, 2.24) is 0 Å². The predicted molar refractivity (Wildman–Crippen MR) is 94.8 cm³/mol. The van der Waals surface area contributed by atoms with Gasteiger partial charge < -0.3 is 9.47 Å². The SMILES string of the molecule is CCCCOC(=O)CCCCCCCCC(=O)Oc1ccccc1F. The standard InChI is InChI=1S/C20H29FO4/c1-2-3-16-24-19(22)14-8-6-4-5-7-9-15-20(23)25-18-13-11-10-12-17(18)21/h10-13H,2-9,14-16H2,1H3. The van der Waals surface area contributed by atoms with Gasteiger partial charge in [0.05, 0.1) is 6.61 Å². The lowest BCUT2D eigenvalue weighted by molar-refractivity contribution is -0.144. The molecule has 0 spiro atoms. The van der Waals surface area contributed by atoms with Gasteiger partial charge in [-0.15, -0.1) is 0 Å². The van der Waals surface area contributed by atoms with Crippen LogP contribution in [0.1, 0.15) is 71.1 Å². The van der Waals surface area contributed by atoms with E-state index in [1.807, 2.05) is 0 Å². The lowest BCUT2D eigenvalue weighted by Crippen LogP contribution is -2.08. The Hall–Kier alpha value is -1.91. The van der Waals surface area contributed by atoms with Gasteiger partial charge in [0.2, 0.25) is 0 Å². The lowest BCUT2D eigenvalue weighted by atomic mass is 10.1. The van der Waals surface area contributed by atoms with E-state index in [1.165, 1.54) is 12.1 Å². The number of rotatable bonds is 13. The highest BCUT2D eigenvalue weighted by atomic mass is 19.1. The molecule has 0 N–H and O–H groups in total. The molecule has 0 amide bonds. The summed E-state index contributed by atoms with van der Waals surface area (Å²) >= 11 is 0. The molecule has 0 aromatic heterocycles. The molecule has 25 heavy (non-hydrogen) atoms. The Labute approximate surface area is 149 Å². The van der Waals surface area contributed by atoms with Crippen LogP contribution in [-0.4, -0.2) is 18.5 Å². The number of hydrogen-bond acceptors (Lipinski definition) is 4. The summed E-state index contributed by atoms with van der Waals surface area (Å²) in [7, 11) is 0. The summed E-state index contributed by atoms with van der Waals surface area (Å²) < 4.78 is 23.4. The molecule has 0 saturated carbocycles. The monoisotopic (exact) mass is 352 g/mol. The Bertz CT molecular complexity index is 516. The molecule has 0 atom stereocenters. The minimum Gasteiger partial charge on any atom is -0.466 e. The number of halogens is 1. The van der Waals surface area contributed by atoms with Crippen LogP contribution in [0.5, 0.6) is 5.75 Å². The number of hydrogen-bond donors (Lipinski definition) is 0. The van der Waals surface area contributed by atoms with Crippen molar-refractivity contribution in [1.29, 1.82) is 0 Å². The molecule has 1 aromatic rings. The number of unbranched alkanes of at least 4 members (excludes halogenated alkanes) is 6. The van der Waals surface area contributed by atoms with Crippen molar-refractivity contribution in [3.63, 3.8) is 0 Å². The van der Waals surface area contributed by atoms with Crippen LogP contribution in [-0.2, 0) is 14.3 Å². The molecule has 4 nitrogen and oxygen atoms in total. The topological polar surface area (TPSA) is 52.6 Å². The fourth-order valence-corrected chi connectivity index (χ4v) is 2.35. The highest BCUT2D eigenvalue weighted by Crippen LogP contribution is 2.17. The Balaban J connectivity index is 1.95. The molecule has 0 fully saturated rings. The number of benzene rings is 1. The quantitative estimate of drug-likeness (QED) is 0.278. The Morgan fingerprint density at radius 1 is 0.880 bits per heavy atom. The second-order valence-corrected chi connectivity index (χ2v) is 6.10. The zero-order valence-corrected chi connectivity index (χ0v) is 15.1. The van der Waals surface area contributed by atoms with Crippen LogP contribution in [0.15, 0.2) is 24.3 Å². The second kappa shape index (κ2) is 13.4. The first-order valence-corrected chi connectivity index (χ1v) is 9.24. The van der Waals surface area contributed by atoms with Crippen LogP contribution < -0.4 is 4.74 Å². The summed E-state index contributed by atoms with van der Waals surface area (Å²) in [6.45, 7) is 2.59. The summed E-state index contributed by atoms with van der Waals surface area (Å²) in [4.78, 5) is 23.0. The van der Waals surface area contributed by atoms with Crippen LogP contribution in [0.2, 0.25) is 0 Å². The van der Waals surface area contributed by atoms with Gasteiger partial charge in [0, 0.05) is 12.8 Å². The van der Waals surface area contributed by atoms with Crippen LogP contribution >= 0.6 is 0 Å². The van der Waals surface area contributed by atoms with Crippen molar-refractivity contribution in [3.05, 3.63) is 30.1 Å². The Morgan fingerprint density at radius 3 is 2.12 bits per heavy atom. The second-order valence-electron chi connectivity index (χ2n) is 6.10. The molecule has 0 saturated heterocycles. The molecule has 0 unspecified atom stereocenters. The van der Waals surface area contributed by atoms with Gasteiger partial charge in [-0.05, 0) is 31.4 Å². The molecule has 140 valence electrons. The molecular formula is C20H29FO4. The van der Waals surface area contributed by atoms with E-state index in [2.05, 4.69) is 6.92 Å². The molecule has 0 aliphatic rings. The summed E-state index contributed by atoms with van der Waals surface area (Å²) in [6, 6.07) is 5.89. The van der Waals surface area contributed by atoms with Crippen LogP contribution in [0.25, 0.3) is 0 Å². The Kier molecular flexibility index (Phi) is 11.3. The van der Waals surface area contributed by atoms with E-state index < -0.39 is 11.8 Å². The van der Waals surface area contributed by atoms with E-state index in [4.69, 9.17) is 9.47 Å². The largest absolute Gasteiger partial charge is 0.466 e. The fraction of sp³-hybridized carbons (Fsp3) is 0.600. The summed E-state index contributed by atoms with van der Waals surface area (Å²) in [6.07, 6.45) is 8.26. The first kappa shape index (κ1) is 21.1. The normalized spacial score (nSPS) is 10.5. The first-order chi connectivity index (χ1) is 12.1. The van der Waals surface area contributed by atoms with Crippen LogP contribution in [0, 0.1) is 5.82 Å². The number of esters is 2. The van der Waals surface area contributed by atoms with E-state index in [-0.39, 0.29) is 18.1 Å². The van der Waals surface area contributed by atoms with Crippen molar-refractivity contribution in [2.45, 2.75) is 71.1 Å². The van der Waals surface area contributed by atoms with E-state index >= 15 is 0 Å². The maximum absolute atomic E-state index is 13.3. The van der Waals surface area contributed by atoms with Crippen LogP contribution in [0.4, 0.5) is 4.39 Å². The van der Waals surface area contributed by atoms with E-state index in [0.29, 0.717) is 13.0 Å². The van der Waals surface area contributed by atoms with Crippen molar-refractivity contribution in [3.8, 4) is 5.75 Å². The van der Waals surface area contributed by atoms with Gasteiger partial charge in [0.1, 0.15) is 0 Å². The van der Waals surface area contributed by atoms with Gasteiger partial charge in [0.15, 0.2) is 11.6 Å². The van der Waals surface area contributed by atoms with E-state index in [1.54, 1.807) is 12.1 Å². The summed E-state index contributed by atoms with van der Waals surface area (Å²) in [5, 5.41) is 0. The minimum atomic E-state index is -0.524. The summed E-state index contributed by atoms with van der Waals surface area (Å²) in [5.41, 5.74) is 0. The smallest absolute Gasteiger partial charge is 0.311 e. The third-order valence-electron chi connectivity index (χ3n) is 3.83. The maximum atomic E-state index is 13.3. The van der Waals surface area contributed by atoms with Crippen LogP contribution in [0.3, 0.4) is 0 Å². The van der Waals surface area contributed by atoms with Crippen molar-refractivity contribution < 1.29 is 23.5 Å². The summed E-state index contributed by atoms with van der Waals surface area (Å²) in [5.74, 6) is -1.05. The molecule has 0 bridgehead atoms. The third-order valence-corrected chi connectivity index (χ3v) is 3.83. The van der Waals surface area contributed by atoms with Gasteiger partial charge >= 0.3 is 11.9 Å². The lowest BCUT2D eigenvalue weighted by Gasteiger charge is -2.05. The molecular weight excluding hydrogens is 323 g/mol. The van der Waals surface area contributed by atoms with Gasteiger partial charge in [-0.25, -0.2) is 4.39 Å². The third kappa shape index (κ3) is 10.5. The van der Waals surface area contributed by atoms with Crippen molar-refractivity contribution >= 4 is 11.9 Å². The average Bonchev–Trinajstić information content (AvgIpc) is 2.59. The van der Waals surface area contributed by atoms with Gasteiger partial charge in [-0.2, -0.15) is 0 Å². The molecule has 1 rings (SSSR count). The molecule has 0 aliphatic heterocycles. The number of carbonyl (C=O) groups excluding carboxylic acids is 2. The first-order valence-electron chi connectivity index (χ1n) is 9.24. The van der Waals surface area contributed by atoms with E-state index in [0.717, 1.165) is 51.4 Å². The maximum Gasteiger partial charge on any atom is 0.311 e. The van der Waals surface area contributed by atoms with Crippen molar-refractivity contribution in [2.24, 2.45) is 0 Å².